The monoisotopic (exact) mass is 721 g/mol. The molecule has 1 aliphatic rings. The van der Waals surface area contributed by atoms with Gasteiger partial charge < -0.3 is 18.9 Å². The largest absolute Gasteiger partial charge is 0.493 e. The van der Waals surface area contributed by atoms with E-state index in [0.717, 1.165) is 16.9 Å². The number of carbonyl (C=O) groups excluding carboxylic acids is 1. The van der Waals surface area contributed by atoms with Gasteiger partial charge >= 0.3 is 11.7 Å². The SMILES string of the molecule is CCOC(=O)C1=C(C)N=c2s/c(=C/c3cc(Br)c(OCc4ccccc4)c([N+](=O)[O-])c3)c(=O)n2[C@@H]1c1ccc(OC(C)C)c(OC)c1. The van der Waals surface area contributed by atoms with E-state index in [2.05, 4.69) is 20.9 Å². The molecule has 0 aliphatic carbocycles. The van der Waals surface area contributed by atoms with E-state index in [9.17, 15) is 19.7 Å². The third kappa shape index (κ3) is 7.15. The van der Waals surface area contributed by atoms with Gasteiger partial charge in [-0.05, 0) is 84.6 Å². The summed E-state index contributed by atoms with van der Waals surface area (Å²) in [5.74, 6) is 0.425. The molecule has 0 unspecified atom stereocenters. The minimum atomic E-state index is -0.885. The number of fused-ring (bicyclic) bond motifs is 1. The lowest BCUT2D eigenvalue weighted by atomic mass is 9.95. The number of methoxy groups -OCH3 is 1. The number of hydrogen-bond donors (Lipinski definition) is 0. The van der Waals surface area contributed by atoms with Crippen LogP contribution in [0.25, 0.3) is 6.08 Å². The number of thiazole rings is 1. The van der Waals surface area contributed by atoms with Gasteiger partial charge in [-0.2, -0.15) is 0 Å². The van der Waals surface area contributed by atoms with Crippen LogP contribution in [0, 0.1) is 10.1 Å². The maximum atomic E-state index is 14.1. The van der Waals surface area contributed by atoms with Gasteiger partial charge in [0.25, 0.3) is 5.56 Å². The topological polar surface area (TPSA) is 131 Å². The van der Waals surface area contributed by atoms with E-state index >= 15 is 0 Å². The van der Waals surface area contributed by atoms with Gasteiger partial charge in [-0.3, -0.25) is 19.5 Å². The van der Waals surface area contributed by atoms with Crippen LogP contribution in [0.5, 0.6) is 17.2 Å². The van der Waals surface area contributed by atoms with E-state index < -0.39 is 22.5 Å². The van der Waals surface area contributed by atoms with Crippen molar-refractivity contribution in [1.29, 1.82) is 0 Å². The van der Waals surface area contributed by atoms with Crippen LogP contribution in [0.3, 0.4) is 0 Å². The number of benzene rings is 3. The van der Waals surface area contributed by atoms with Crippen molar-refractivity contribution in [2.45, 2.75) is 46.4 Å². The van der Waals surface area contributed by atoms with Crippen LogP contribution >= 0.6 is 27.3 Å². The molecule has 5 rings (SSSR count). The lowest BCUT2D eigenvalue weighted by Gasteiger charge is -2.25. The van der Waals surface area contributed by atoms with Crippen LogP contribution in [-0.2, 0) is 16.1 Å². The first-order valence-electron chi connectivity index (χ1n) is 14.7. The second-order valence-electron chi connectivity index (χ2n) is 10.8. The van der Waals surface area contributed by atoms with Crippen molar-refractivity contribution in [3.63, 3.8) is 0 Å². The Hall–Kier alpha value is -4.75. The molecule has 0 amide bonds. The molecule has 3 aromatic carbocycles. The molecule has 1 aliphatic heterocycles. The molecule has 0 fully saturated rings. The molecule has 1 atom stereocenters. The number of hydrogen-bond acceptors (Lipinski definition) is 10. The number of ether oxygens (including phenoxy) is 4. The third-order valence-corrected chi connectivity index (χ3v) is 8.72. The molecular weight excluding hydrogens is 690 g/mol. The molecule has 4 aromatic rings. The molecule has 0 saturated carbocycles. The van der Waals surface area contributed by atoms with Crippen LogP contribution in [0.15, 0.2) is 86.2 Å². The average Bonchev–Trinajstić information content (AvgIpc) is 3.33. The number of nitrogens with zero attached hydrogens (tertiary/aromatic N) is 3. The molecule has 0 spiro atoms. The number of carbonyl (C=O) groups is 1. The minimum absolute atomic E-state index is 0.0750. The Labute approximate surface area is 282 Å². The van der Waals surface area contributed by atoms with Gasteiger partial charge in [-0.25, -0.2) is 9.79 Å². The van der Waals surface area contributed by atoms with Crippen LogP contribution in [-0.4, -0.2) is 35.3 Å². The highest BCUT2D eigenvalue weighted by Crippen LogP contribution is 2.38. The Morgan fingerprint density at radius 1 is 1.15 bits per heavy atom. The van der Waals surface area contributed by atoms with Gasteiger partial charge in [0.1, 0.15) is 6.61 Å². The smallest absolute Gasteiger partial charge is 0.338 e. The molecule has 244 valence electrons. The van der Waals surface area contributed by atoms with Gasteiger partial charge in [-0.1, -0.05) is 47.7 Å². The fourth-order valence-corrected chi connectivity index (χ4v) is 6.78. The van der Waals surface area contributed by atoms with Gasteiger partial charge in [-0.15, -0.1) is 0 Å². The van der Waals surface area contributed by atoms with E-state index in [0.29, 0.717) is 37.6 Å². The lowest BCUT2D eigenvalue weighted by Crippen LogP contribution is -2.40. The first kappa shape index (κ1) is 33.6. The van der Waals surface area contributed by atoms with Crippen molar-refractivity contribution in [2.75, 3.05) is 13.7 Å². The molecule has 0 bridgehead atoms. The van der Waals surface area contributed by atoms with E-state index in [1.165, 1.54) is 17.7 Å². The van der Waals surface area contributed by atoms with Crippen LogP contribution in [0.4, 0.5) is 5.69 Å². The zero-order valence-corrected chi connectivity index (χ0v) is 28.7. The van der Waals surface area contributed by atoms with E-state index in [1.807, 2.05) is 44.2 Å². The highest BCUT2D eigenvalue weighted by atomic mass is 79.9. The van der Waals surface area contributed by atoms with Crippen LogP contribution in [0.1, 0.15) is 50.4 Å². The summed E-state index contributed by atoms with van der Waals surface area (Å²) in [6.45, 7) is 7.46. The van der Waals surface area contributed by atoms with Crippen molar-refractivity contribution < 1.29 is 28.7 Å². The summed E-state index contributed by atoms with van der Waals surface area (Å²) >= 11 is 4.53. The van der Waals surface area contributed by atoms with Gasteiger partial charge in [0, 0.05) is 6.07 Å². The summed E-state index contributed by atoms with van der Waals surface area (Å²) in [5.41, 5.74) is 1.76. The lowest BCUT2D eigenvalue weighted by molar-refractivity contribution is -0.386. The second-order valence-corrected chi connectivity index (χ2v) is 12.6. The number of allylic oxidation sites excluding steroid dienone is 1. The Balaban J connectivity index is 1.63. The van der Waals surface area contributed by atoms with Crippen molar-refractivity contribution in [1.82, 2.24) is 4.57 Å². The maximum Gasteiger partial charge on any atom is 0.338 e. The van der Waals surface area contributed by atoms with Gasteiger partial charge in [0.2, 0.25) is 5.75 Å². The number of nitro benzene ring substituents is 1. The second kappa shape index (κ2) is 14.3. The predicted molar refractivity (Wildman–Crippen MR) is 181 cm³/mol. The van der Waals surface area contributed by atoms with E-state index in [4.69, 9.17) is 18.9 Å². The quantitative estimate of drug-likeness (QED) is 0.107. The standard InChI is InChI=1S/C34H32BrN3O8S/c1-6-44-33(40)29-20(4)36-34-37(30(29)23-12-13-26(46-19(2)3)27(17-23)43-5)32(39)28(47-34)16-22-14-24(35)31(25(15-22)38(41)42)45-18-21-10-8-7-9-11-21/h7-17,19,30H,6,18H2,1-5H3/b28-16+/t30-/m1/s1. The van der Waals surface area contributed by atoms with Crippen LogP contribution < -0.4 is 29.1 Å². The molecular formula is C34H32BrN3O8S. The Bertz CT molecular complexity index is 2050. The van der Waals surface area contributed by atoms with Crippen molar-refractivity contribution in [3.8, 4) is 17.2 Å². The zero-order valence-electron chi connectivity index (χ0n) is 26.3. The summed E-state index contributed by atoms with van der Waals surface area (Å²) in [6.07, 6.45) is 1.45. The van der Waals surface area contributed by atoms with Gasteiger partial charge in [0.15, 0.2) is 16.3 Å². The molecule has 47 heavy (non-hydrogen) atoms. The number of esters is 1. The Morgan fingerprint density at radius 2 is 1.89 bits per heavy atom. The predicted octanol–water partition coefficient (Wildman–Crippen LogP) is 5.84. The number of aromatic nitrogens is 1. The zero-order chi connectivity index (χ0) is 33.8. The fraction of sp³-hybridized carbons (Fsp3) is 0.265. The third-order valence-electron chi connectivity index (χ3n) is 7.15. The summed E-state index contributed by atoms with van der Waals surface area (Å²) in [4.78, 5) is 43.9. The first-order chi connectivity index (χ1) is 22.5. The van der Waals surface area contributed by atoms with Crippen molar-refractivity contribution in [2.24, 2.45) is 4.99 Å². The molecule has 0 saturated heterocycles. The van der Waals surface area contributed by atoms with Crippen LogP contribution in [0.2, 0.25) is 0 Å². The average molecular weight is 723 g/mol. The van der Waals surface area contributed by atoms with Crippen molar-refractivity contribution in [3.05, 3.63) is 123 Å². The number of rotatable bonds is 11. The fourth-order valence-electron chi connectivity index (χ4n) is 5.15. The summed E-state index contributed by atoms with van der Waals surface area (Å²) < 4.78 is 24.8. The summed E-state index contributed by atoms with van der Waals surface area (Å²) in [5, 5.41) is 12.1. The molecule has 13 heteroatoms. The molecule has 0 N–H and O–H groups in total. The normalized spacial score (nSPS) is 14.4. The molecule has 1 aromatic heterocycles. The Kier molecular flexibility index (Phi) is 10.3. The Morgan fingerprint density at radius 3 is 2.55 bits per heavy atom. The number of nitro groups is 1. The first-order valence-corrected chi connectivity index (χ1v) is 16.3. The highest BCUT2D eigenvalue weighted by molar-refractivity contribution is 9.10. The van der Waals surface area contributed by atoms with E-state index in [1.54, 1.807) is 44.2 Å². The van der Waals surface area contributed by atoms with E-state index in [-0.39, 0.29) is 40.9 Å². The van der Waals surface area contributed by atoms with Crippen molar-refractivity contribution >= 4 is 45.0 Å². The summed E-state index contributed by atoms with van der Waals surface area (Å²) in [7, 11) is 1.51. The van der Waals surface area contributed by atoms with Gasteiger partial charge in [0.05, 0.1) is 51.1 Å². The minimum Gasteiger partial charge on any atom is -0.493 e. The summed E-state index contributed by atoms with van der Waals surface area (Å²) in [6, 6.07) is 16.7. The molecule has 2 heterocycles. The number of halogens is 1. The maximum absolute atomic E-state index is 14.1. The molecule has 11 nitrogen and oxygen atoms in total. The molecule has 0 radical (unpaired) electrons. The highest BCUT2D eigenvalue weighted by Gasteiger charge is 2.34.